The van der Waals surface area contributed by atoms with E-state index < -0.39 is 0 Å². The molecule has 3 rings (SSSR count). The molecular formula is C22H16BrCl2N3O3. The van der Waals surface area contributed by atoms with Gasteiger partial charge < -0.3 is 10.1 Å². The summed E-state index contributed by atoms with van der Waals surface area (Å²) < 4.78 is 6.42. The standard InChI is InChI=1S/C22H16BrCl2N3O3/c23-16-3-10-20(31-13-21(29)27-19-8-6-18(25)7-9-19)15(11-16)12-26-28-22(30)14-1-4-17(24)5-2-14/h1-12H,13H2,(H,27,29)(H,28,30)/b26-12+. The molecule has 0 heterocycles. The highest BCUT2D eigenvalue weighted by atomic mass is 79.9. The van der Waals surface area contributed by atoms with E-state index in [2.05, 4.69) is 31.8 Å². The van der Waals surface area contributed by atoms with Gasteiger partial charge in [0, 0.05) is 31.3 Å². The predicted molar refractivity (Wildman–Crippen MR) is 126 cm³/mol. The summed E-state index contributed by atoms with van der Waals surface area (Å²) in [6.07, 6.45) is 1.44. The molecule has 0 fully saturated rings. The molecule has 31 heavy (non-hydrogen) atoms. The first kappa shape index (κ1) is 22.8. The van der Waals surface area contributed by atoms with Crippen LogP contribution in [0.15, 0.2) is 76.3 Å². The lowest BCUT2D eigenvalue weighted by atomic mass is 10.2. The van der Waals surface area contributed by atoms with Crippen LogP contribution in [0.25, 0.3) is 0 Å². The third-order valence-electron chi connectivity index (χ3n) is 3.93. The number of nitrogens with one attached hydrogen (secondary N) is 2. The summed E-state index contributed by atoms with van der Waals surface area (Å²) in [7, 11) is 0. The lowest BCUT2D eigenvalue weighted by Crippen LogP contribution is -2.20. The fourth-order valence-corrected chi connectivity index (χ4v) is 3.08. The van der Waals surface area contributed by atoms with Crippen molar-refractivity contribution in [3.8, 4) is 5.75 Å². The molecule has 0 spiro atoms. The molecule has 158 valence electrons. The van der Waals surface area contributed by atoms with E-state index in [9.17, 15) is 9.59 Å². The van der Waals surface area contributed by atoms with E-state index in [1.807, 2.05) is 0 Å². The maximum Gasteiger partial charge on any atom is 0.271 e. The normalized spacial score (nSPS) is 10.7. The van der Waals surface area contributed by atoms with Crippen molar-refractivity contribution in [1.29, 1.82) is 0 Å². The van der Waals surface area contributed by atoms with Crippen LogP contribution >= 0.6 is 39.1 Å². The van der Waals surface area contributed by atoms with E-state index in [4.69, 9.17) is 27.9 Å². The van der Waals surface area contributed by atoms with Gasteiger partial charge in [-0.25, -0.2) is 5.43 Å². The van der Waals surface area contributed by atoms with Gasteiger partial charge in [-0.2, -0.15) is 5.10 Å². The Hall–Kier alpha value is -2.87. The fourth-order valence-electron chi connectivity index (χ4n) is 2.45. The SMILES string of the molecule is O=C(COc1ccc(Br)cc1/C=N/NC(=O)c1ccc(Cl)cc1)Nc1ccc(Cl)cc1. The summed E-state index contributed by atoms with van der Waals surface area (Å²) >= 11 is 15.0. The zero-order valence-corrected chi connectivity index (χ0v) is 19.0. The van der Waals surface area contributed by atoms with Crippen LogP contribution in [-0.2, 0) is 4.79 Å². The van der Waals surface area contributed by atoms with Crippen LogP contribution in [0.2, 0.25) is 10.0 Å². The summed E-state index contributed by atoms with van der Waals surface area (Å²) in [5.41, 5.74) is 4.05. The molecule has 2 N–H and O–H groups in total. The minimum Gasteiger partial charge on any atom is -0.483 e. The lowest BCUT2D eigenvalue weighted by Gasteiger charge is -2.10. The number of hydrogen-bond donors (Lipinski definition) is 2. The van der Waals surface area contributed by atoms with Gasteiger partial charge in [0.2, 0.25) is 0 Å². The van der Waals surface area contributed by atoms with Gasteiger partial charge in [0.1, 0.15) is 5.75 Å². The highest BCUT2D eigenvalue weighted by Gasteiger charge is 2.08. The first-order valence-corrected chi connectivity index (χ1v) is 10.5. The van der Waals surface area contributed by atoms with Gasteiger partial charge in [0.25, 0.3) is 11.8 Å². The molecule has 0 aliphatic heterocycles. The van der Waals surface area contributed by atoms with Crippen LogP contribution in [0, 0.1) is 0 Å². The lowest BCUT2D eigenvalue weighted by molar-refractivity contribution is -0.118. The van der Waals surface area contributed by atoms with Crippen molar-refractivity contribution in [2.75, 3.05) is 11.9 Å². The third-order valence-corrected chi connectivity index (χ3v) is 4.93. The Bertz CT molecular complexity index is 1100. The maximum atomic E-state index is 12.2. The molecular weight excluding hydrogens is 505 g/mol. The molecule has 6 nitrogen and oxygen atoms in total. The van der Waals surface area contributed by atoms with E-state index in [0.29, 0.717) is 32.6 Å². The number of hydrogen-bond acceptors (Lipinski definition) is 4. The van der Waals surface area contributed by atoms with Gasteiger partial charge in [0.15, 0.2) is 6.61 Å². The predicted octanol–water partition coefficient (Wildman–Crippen LogP) is 5.54. The zero-order valence-electron chi connectivity index (χ0n) is 15.9. The van der Waals surface area contributed by atoms with Gasteiger partial charge in [0.05, 0.1) is 6.21 Å². The smallest absolute Gasteiger partial charge is 0.271 e. The quantitative estimate of drug-likeness (QED) is 0.317. The second-order valence-electron chi connectivity index (χ2n) is 6.23. The Kier molecular flexibility index (Phi) is 8.06. The van der Waals surface area contributed by atoms with Crippen LogP contribution in [0.1, 0.15) is 15.9 Å². The highest BCUT2D eigenvalue weighted by Crippen LogP contribution is 2.22. The number of benzene rings is 3. The number of rotatable bonds is 7. The molecule has 0 radical (unpaired) electrons. The first-order valence-electron chi connectivity index (χ1n) is 8.97. The first-order chi connectivity index (χ1) is 14.9. The summed E-state index contributed by atoms with van der Waals surface area (Å²) in [4.78, 5) is 24.3. The monoisotopic (exact) mass is 519 g/mol. The van der Waals surface area contributed by atoms with Crippen molar-refractivity contribution in [3.63, 3.8) is 0 Å². The molecule has 0 aliphatic carbocycles. The molecule has 0 bridgehead atoms. The molecule has 3 aromatic carbocycles. The van der Waals surface area contributed by atoms with Crippen molar-refractivity contribution in [3.05, 3.63) is 92.4 Å². The number of ether oxygens (including phenoxy) is 1. The molecule has 0 atom stereocenters. The molecule has 0 saturated heterocycles. The Balaban J connectivity index is 1.61. The average molecular weight is 521 g/mol. The van der Waals surface area contributed by atoms with Gasteiger partial charge in [-0.15, -0.1) is 0 Å². The third kappa shape index (κ3) is 7.10. The Morgan fingerprint density at radius 2 is 1.61 bits per heavy atom. The fraction of sp³-hybridized carbons (Fsp3) is 0.0455. The number of nitrogens with zero attached hydrogens (tertiary/aromatic N) is 1. The summed E-state index contributed by atoms with van der Waals surface area (Å²) in [6.45, 7) is -0.206. The van der Waals surface area contributed by atoms with Gasteiger partial charge in [-0.3, -0.25) is 9.59 Å². The van der Waals surface area contributed by atoms with E-state index in [0.717, 1.165) is 4.47 Å². The van der Waals surface area contributed by atoms with Crippen molar-refractivity contribution in [2.45, 2.75) is 0 Å². The highest BCUT2D eigenvalue weighted by molar-refractivity contribution is 9.10. The molecule has 0 aromatic heterocycles. The van der Waals surface area contributed by atoms with Gasteiger partial charge >= 0.3 is 0 Å². The number of carbonyl (C=O) groups excluding carboxylic acids is 2. The van der Waals surface area contributed by atoms with Gasteiger partial charge in [-0.05, 0) is 66.7 Å². The zero-order chi connectivity index (χ0) is 22.2. The summed E-state index contributed by atoms with van der Waals surface area (Å²) in [5, 5.41) is 7.81. The summed E-state index contributed by atoms with van der Waals surface area (Å²) in [5.74, 6) is -0.282. The van der Waals surface area contributed by atoms with Crippen molar-refractivity contribution in [2.24, 2.45) is 5.10 Å². The van der Waals surface area contributed by atoms with Crippen LogP contribution in [0.3, 0.4) is 0 Å². The summed E-state index contributed by atoms with van der Waals surface area (Å²) in [6, 6.07) is 18.4. The van der Waals surface area contributed by atoms with Crippen molar-refractivity contribution < 1.29 is 14.3 Å². The Labute approximate surface area is 197 Å². The largest absolute Gasteiger partial charge is 0.483 e. The molecule has 3 aromatic rings. The second-order valence-corrected chi connectivity index (χ2v) is 8.02. The number of amides is 2. The van der Waals surface area contributed by atoms with E-state index in [1.165, 1.54) is 6.21 Å². The van der Waals surface area contributed by atoms with Crippen LogP contribution in [0.4, 0.5) is 5.69 Å². The van der Waals surface area contributed by atoms with Crippen molar-refractivity contribution >= 4 is 62.8 Å². The molecule has 0 unspecified atom stereocenters. The van der Waals surface area contributed by atoms with E-state index in [-0.39, 0.29) is 18.4 Å². The minimum atomic E-state index is -0.382. The number of hydrazone groups is 1. The van der Waals surface area contributed by atoms with Crippen LogP contribution in [0.5, 0.6) is 5.75 Å². The minimum absolute atomic E-state index is 0.206. The Morgan fingerprint density at radius 1 is 0.968 bits per heavy atom. The van der Waals surface area contributed by atoms with Crippen LogP contribution in [-0.4, -0.2) is 24.6 Å². The molecule has 0 saturated carbocycles. The molecule has 0 aliphatic rings. The number of carbonyl (C=O) groups is 2. The maximum absolute atomic E-state index is 12.2. The van der Waals surface area contributed by atoms with E-state index >= 15 is 0 Å². The second kappa shape index (κ2) is 10.9. The molecule has 2 amide bonds. The molecule has 9 heteroatoms. The average Bonchev–Trinajstić information content (AvgIpc) is 2.75. The van der Waals surface area contributed by atoms with Gasteiger partial charge in [-0.1, -0.05) is 39.1 Å². The Morgan fingerprint density at radius 3 is 2.29 bits per heavy atom. The number of halogens is 3. The van der Waals surface area contributed by atoms with Crippen molar-refractivity contribution in [1.82, 2.24) is 5.43 Å². The van der Waals surface area contributed by atoms with Crippen LogP contribution < -0.4 is 15.5 Å². The topological polar surface area (TPSA) is 79.8 Å². The van der Waals surface area contributed by atoms with E-state index in [1.54, 1.807) is 66.7 Å². The number of anilines is 1.